The van der Waals surface area contributed by atoms with Crippen molar-refractivity contribution in [2.45, 2.75) is 64.0 Å². The van der Waals surface area contributed by atoms with Gasteiger partial charge in [-0.15, -0.1) is 0 Å². The summed E-state index contributed by atoms with van der Waals surface area (Å²) in [5.41, 5.74) is -1.42. The average Bonchev–Trinajstić information content (AvgIpc) is 2.37. The summed E-state index contributed by atoms with van der Waals surface area (Å²) in [5, 5.41) is 21.2. The van der Waals surface area contributed by atoms with Crippen LogP contribution in [-0.2, 0) is 4.79 Å². The number of hydrogen-bond acceptors (Lipinski definition) is 3. The molecule has 1 aliphatic carbocycles. The van der Waals surface area contributed by atoms with E-state index >= 15 is 0 Å². The van der Waals surface area contributed by atoms with Crippen LogP contribution in [0.2, 0.25) is 0 Å². The molecule has 2 amide bonds. The maximum absolute atomic E-state index is 12.2. The molecular formula is C14H26N2O4. The lowest BCUT2D eigenvalue weighted by molar-refractivity contribution is -0.141. The molecule has 0 radical (unpaired) electrons. The van der Waals surface area contributed by atoms with Crippen molar-refractivity contribution in [2.75, 3.05) is 13.1 Å². The van der Waals surface area contributed by atoms with Gasteiger partial charge in [-0.1, -0.05) is 19.3 Å². The monoisotopic (exact) mass is 286 g/mol. The van der Waals surface area contributed by atoms with E-state index in [1.807, 2.05) is 6.92 Å². The molecule has 0 aliphatic heterocycles. The van der Waals surface area contributed by atoms with Crippen molar-refractivity contribution in [1.82, 2.24) is 10.2 Å². The first kappa shape index (κ1) is 16.8. The molecule has 0 saturated heterocycles. The first-order valence-electron chi connectivity index (χ1n) is 7.34. The van der Waals surface area contributed by atoms with Crippen LogP contribution in [0.5, 0.6) is 0 Å². The number of nitrogens with zero attached hydrogens (tertiary/aromatic N) is 1. The number of urea groups is 1. The summed E-state index contributed by atoms with van der Waals surface area (Å²) in [6.07, 6.45) is 5.17. The Hall–Kier alpha value is -1.30. The van der Waals surface area contributed by atoms with E-state index in [0.29, 0.717) is 6.54 Å². The molecule has 20 heavy (non-hydrogen) atoms. The highest BCUT2D eigenvalue weighted by Crippen LogP contribution is 2.22. The van der Waals surface area contributed by atoms with Crippen molar-refractivity contribution in [2.24, 2.45) is 0 Å². The van der Waals surface area contributed by atoms with Gasteiger partial charge in [-0.05, 0) is 26.7 Å². The molecule has 0 aromatic heterocycles. The zero-order valence-electron chi connectivity index (χ0n) is 12.4. The summed E-state index contributed by atoms with van der Waals surface area (Å²) in [7, 11) is 0. The molecule has 1 rings (SSSR count). The van der Waals surface area contributed by atoms with Gasteiger partial charge in [-0.2, -0.15) is 0 Å². The molecule has 6 heteroatoms. The third-order valence-electron chi connectivity index (χ3n) is 3.77. The summed E-state index contributed by atoms with van der Waals surface area (Å²) in [4.78, 5) is 24.6. The third-order valence-corrected chi connectivity index (χ3v) is 3.77. The fourth-order valence-electron chi connectivity index (χ4n) is 2.72. The second kappa shape index (κ2) is 7.47. The van der Waals surface area contributed by atoms with Gasteiger partial charge in [-0.25, -0.2) is 4.79 Å². The molecule has 0 aromatic carbocycles. The van der Waals surface area contributed by atoms with Crippen LogP contribution in [0.15, 0.2) is 0 Å². The van der Waals surface area contributed by atoms with Gasteiger partial charge in [-0.3, -0.25) is 4.79 Å². The maximum atomic E-state index is 12.2. The van der Waals surface area contributed by atoms with Crippen molar-refractivity contribution in [3.63, 3.8) is 0 Å². The summed E-state index contributed by atoms with van der Waals surface area (Å²) in [6, 6.07) is 0.0447. The summed E-state index contributed by atoms with van der Waals surface area (Å²) >= 11 is 0. The van der Waals surface area contributed by atoms with Crippen LogP contribution in [0.25, 0.3) is 0 Å². The molecule has 3 N–H and O–H groups in total. The highest BCUT2D eigenvalue weighted by Gasteiger charge is 2.28. The van der Waals surface area contributed by atoms with E-state index < -0.39 is 11.6 Å². The Bertz CT molecular complexity index is 338. The lowest BCUT2D eigenvalue weighted by atomic mass is 9.94. The maximum Gasteiger partial charge on any atom is 0.317 e. The van der Waals surface area contributed by atoms with E-state index in [0.717, 1.165) is 25.7 Å². The molecule has 6 nitrogen and oxygen atoms in total. The predicted molar refractivity (Wildman–Crippen MR) is 75.5 cm³/mol. The van der Waals surface area contributed by atoms with Gasteiger partial charge in [0, 0.05) is 19.1 Å². The number of nitrogens with one attached hydrogen (secondary N) is 1. The lowest BCUT2D eigenvalue weighted by Crippen LogP contribution is -2.50. The number of carbonyl (C=O) groups is 2. The summed E-state index contributed by atoms with van der Waals surface area (Å²) in [6.45, 7) is 3.92. The third kappa shape index (κ3) is 5.36. The van der Waals surface area contributed by atoms with Gasteiger partial charge >= 0.3 is 12.0 Å². The molecule has 1 atom stereocenters. The highest BCUT2D eigenvalue weighted by molar-refractivity contribution is 5.75. The average molecular weight is 286 g/mol. The highest BCUT2D eigenvalue weighted by atomic mass is 16.4. The Morgan fingerprint density at radius 3 is 2.40 bits per heavy atom. The van der Waals surface area contributed by atoms with Crippen LogP contribution in [0.4, 0.5) is 4.79 Å². The van der Waals surface area contributed by atoms with E-state index in [1.54, 1.807) is 4.90 Å². The quantitative estimate of drug-likeness (QED) is 0.691. The molecule has 116 valence electrons. The molecule has 0 spiro atoms. The van der Waals surface area contributed by atoms with Crippen molar-refractivity contribution >= 4 is 12.0 Å². The van der Waals surface area contributed by atoms with Crippen LogP contribution in [-0.4, -0.2) is 51.8 Å². The van der Waals surface area contributed by atoms with E-state index in [1.165, 1.54) is 13.3 Å². The smallest absolute Gasteiger partial charge is 0.317 e. The van der Waals surface area contributed by atoms with Crippen LogP contribution < -0.4 is 5.32 Å². The van der Waals surface area contributed by atoms with Crippen LogP contribution in [0.1, 0.15) is 52.4 Å². The molecule has 1 fully saturated rings. The number of carbonyl (C=O) groups excluding carboxylic acids is 1. The largest absolute Gasteiger partial charge is 0.481 e. The molecule has 0 bridgehead atoms. The Balaban J connectivity index is 2.48. The first-order valence-corrected chi connectivity index (χ1v) is 7.34. The Kier molecular flexibility index (Phi) is 6.26. The van der Waals surface area contributed by atoms with E-state index in [2.05, 4.69) is 5.32 Å². The number of carboxylic acids is 1. The standard InChI is InChI=1S/C14H26N2O4/c1-3-16(11-7-5-4-6-8-11)13(19)15-10-14(2,20)9-12(17)18/h11,20H,3-10H2,1-2H3,(H,15,19)(H,17,18). The zero-order valence-corrected chi connectivity index (χ0v) is 12.4. The van der Waals surface area contributed by atoms with E-state index in [4.69, 9.17) is 5.11 Å². The second-order valence-corrected chi connectivity index (χ2v) is 5.80. The van der Waals surface area contributed by atoms with Crippen molar-refractivity contribution < 1.29 is 19.8 Å². The van der Waals surface area contributed by atoms with Crippen molar-refractivity contribution in [3.8, 4) is 0 Å². The normalized spacial score (nSPS) is 19.1. The van der Waals surface area contributed by atoms with Gasteiger partial charge < -0.3 is 20.4 Å². The van der Waals surface area contributed by atoms with Crippen LogP contribution in [0.3, 0.4) is 0 Å². The minimum atomic E-state index is -1.42. The topological polar surface area (TPSA) is 89.9 Å². The van der Waals surface area contributed by atoms with Gasteiger partial charge in [0.15, 0.2) is 0 Å². The van der Waals surface area contributed by atoms with Crippen LogP contribution >= 0.6 is 0 Å². The Morgan fingerprint density at radius 1 is 1.30 bits per heavy atom. The molecule has 0 aromatic rings. The number of carboxylic acid groups (broad SMARTS) is 1. The lowest BCUT2D eigenvalue weighted by Gasteiger charge is -2.34. The molecular weight excluding hydrogens is 260 g/mol. The Morgan fingerprint density at radius 2 is 1.90 bits per heavy atom. The zero-order chi connectivity index (χ0) is 15.2. The fraction of sp³-hybridized carbons (Fsp3) is 0.857. The van der Waals surface area contributed by atoms with Crippen molar-refractivity contribution in [1.29, 1.82) is 0 Å². The fourth-order valence-corrected chi connectivity index (χ4v) is 2.72. The van der Waals surface area contributed by atoms with Gasteiger partial charge in [0.05, 0.1) is 12.0 Å². The SMILES string of the molecule is CCN(C(=O)NCC(C)(O)CC(=O)O)C1CCCCC1. The Labute approximate surface area is 120 Å². The minimum absolute atomic E-state index is 0.0542. The first-order chi connectivity index (χ1) is 9.35. The van der Waals surface area contributed by atoms with Gasteiger partial charge in [0.1, 0.15) is 0 Å². The number of rotatable bonds is 6. The number of aliphatic carboxylic acids is 1. The van der Waals surface area contributed by atoms with Gasteiger partial charge in [0.2, 0.25) is 0 Å². The second-order valence-electron chi connectivity index (χ2n) is 5.80. The van der Waals surface area contributed by atoms with Crippen LogP contribution in [0, 0.1) is 0 Å². The molecule has 1 unspecified atom stereocenters. The number of hydrogen-bond donors (Lipinski definition) is 3. The summed E-state index contributed by atoms with van der Waals surface area (Å²) in [5.74, 6) is -1.08. The number of aliphatic hydroxyl groups is 1. The predicted octanol–water partition coefficient (Wildman–Crippen LogP) is 1.58. The van der Waals surface area contributed by atoms with E-state index in [-0.39, 0.29) is 25.0 Å². The number of amides is 2. The molecule has 1 aliphatic rings. The minimum Gasteiger partial charge on any atom is -0.481 e. The van der Waals surface area contributed by atoms with E-state index in [9.17, 15) is 14.7 Å². The van der Waals surface area contributed by atoms with Gasteiger partial charge in [0.25, 0.3) is 0 Å². The molecule has 0 heterocycles. The summed E-state index contributed by atoms with van der Waals surface area (Å²) < 4.78 is 0. The van der Waals surface area contributed by atoms with Crippen molar-refractivity contribution in [3.05, 3.63) is 0 Å². The molecule has 1 saturated carbocycles.